The van der Waals surface area contributed by atoms with Gasteiger partial charge in [-0.2, -0.15) is 0 Å². The van der Waals surface area contributed by atoms with E-state index < -0.39 is 0 Å². The smallest absolute Gasteiger partial charge is 0.161 e. The highest BCUT2D eigenvalue weighted by atomic mass is 16.5. The second-order valence-electron chi connectivity index (χ2n) is 6.60. The van der Waals surface area contributed by atoms with Crippen molar-refractivity contribution in [3.05, 3.63) is 59.7 Å². The number of hydrogen-bond donors (Lipinski definition) is 1. The number of nitrogens with two attached hydrogens (primary N) is 1. The number of rotatable bonds is 7. The van der Waals surface area contributed by atoms with Crippen molar-refractivity contribution in [2.24, 2.45) is 5.73 Å². The number of piperidine rings is 1. The average molecular weight is 340 g/mol. The van der Waals surface area contributed by atoms with Crippen molar-refractivity contribution in [1.82, 2.24) is 4.90 Å². The van der Waals surface area contributed by atoms with E-state index in [1.54, 1.807) is 7.11 Å². The van der Waals surface area contributed by atoms with Crippen LogP contribution in [0.5, 0.6) is 11.5 Å². The Hall–Kier alpha value is -2.04. The zero-order valence-electron chi connectivity index (χ0n) is 15.0. The summed E-state index contributed by atoms with van der Waals surface area (Å²) >= 11 is 0. The maximum Gasteiger partial charge on any atom is 0.161 e. The molecule has 0 aromatic heterocycles. The monoisotopic (exact) mass is 340 g/mol. The van der Waals surface area contributed by atoms with Crippen LogP contribution in [-0.2, 0) is 13.0 Å². The van der Waals surface area contributed by atoms with E-state index in [1.165, 1.54) is 11.1 Å². The fourth-order valence-electron chi connectivity index (χ4n) is 3.39. The molecule has 0 spiro atoms. The van der Waals surface area contributed by atoms with E-state index in [9.17, 15) is 0 Å². The van der Waals surface area contributed by atoms with E-state index in [2.05, 4.69) is 29.2 Å². The van der Waals surface area contributed by atoms with Gasteiger partial charge in [0.25, 0.3) is 0 Å². The number of ether oxygens (including phenoxy) is 2. The lowest BCUT2D eigenvalue weighted by Gasteiger charge is -2.32. The summed E-state index contributed by atoms with van der Waals surface area (Å²) < 4.78 is 11.5. The molecule has 0 unspecified atom stereocenters. The quantitative estimate of drug-likeness (QED) is 0.840. The standard InChI is InChI=1S/C21H28N2O2/c1-24-20-7-2-3-8-21(20)25-19-10-13-23(14-11-19)16-18-6-4-5-17(15-18)9-12-22/h2-8,15,19H,9-14,16,22H2,1H3. The summed E-state index contributed by atoms with van der Waals surface area (Å²) in [6.07, 6.45) is 3.29. The zero-order chi connectivity index (χ0) is 17.5. The molecule has 2 aromatic carbocycles. The van der Waals surface area contributed by atoms with E-state index >= 15 is 0 Å². The second kappa shape index (κ2) is 8.88. The summed E-state index contributed by atoms with van der Waals surface area (Å²) in [6.45, 7) is 3.82. The van der Waals surface area contributed by atoms with Crippen LogP contribution in [0.3, 0.4) is 0 Å². The topological polar surface area (TPSA) is 47.7 Å². The van der Waals surface area contributed by atoms with Crippen molar-refractivity contribution in [3.63, 3.8) is 0 Å². The Bertz CT molecular complexity index is 666. The molecule has 0 bridgehead atoms. The lowest BCUT2D eigenvalue weighted by Crippen LogP contribution is -2.37. The van der Waals surface area contributed by atoms with Gasteiger partial charge >= 0.3 is 0 Å². The SMILES string of the molecule is COc1ccccc1OC1CCN(Cc2cccc(CCN)c2)CC1. The van der Waals surface area contributed by atoms with Crippen LogP contribution in [0.15, 0.2) is 48.5 Å². The van der Waals surface area contributed by atoms with Crippen molar-refractivity contribution in [3.8, 4) is 11.5 Å². The maximum absolute atomic E-state index is 6.16. The Balaban J connectivity index is 1.51. The first kappa shape index (κ1) is 17.8. The van der Waals surface area contributed by atoms with Gasteiger partial charge in [-0.3, -0.25) is 4.90 Å². The van der Waals surface area contributed by atoms with Crippen LogP contribution < -0.4 is 15.2 Å². The number of benzene rings is 2. The fourth-order valence-corrected chi connectivity index (χ4v) is 3.39. The maximum atomic E-state index is 6.16. The molecule has 0 amide bonds. The first-order valence-electron chi connectivity index (χ1n) is 9.08. The molecule has 1 aliphatic rings. The van der Waals surface area contributed by atoms with Crippen LogP contribution in [0, 0.1) is 0 Å². The first-order valence-corrected chi connectivity index (χ1v) is 9.08. The van der Waals surface area contributed by atoms with E-state index in [0.717, 1.165) is 50.4 Å². The third-order valence-electron chi connectivity index (χ3n) is 4.73. The predicted molar refractivity (Wildman–Crippen MR) is 101 cm³/mol. The highest BCUT2D eigenvalue weighted by Gasteiger charge is 2.21. The third kappa shape index (κ3) is 4.97. The summed E-state index contributed by atoms with van der Waals surface area (Å²) in [4.78, 5) is 2.50. The highest BCUT2D eigenvalue weighted by molar-refractivity contribution is 5.39. The first-order chi connectivity index (χ1) is 12.3. The number of methoxy groups -OCH3 is 1. The van der Waals surface area contributed by atoms with Gasteiger partial charge in [0.2, 0.25) is 0 Å². The van der Waals surface area contributed by atoms with Gasteiger partial charge in [-0.1, -0.05) is 36.4 Å². The number of nitrogens with zero attached hydrogens (tertiary/aromatic N) is 1. The molecule has 3 rings (SSSR count). The van der Waals surface area contributed by atoms with Crippen molar-refractivity contribution < 1.29 is 9.47 Å². The molecule has 1 fully saturated rings. The summed E-state index contributed by atoms with van der Waals surface area (Å²) in [5.74, 6) is 1.65. The summed E-state index contributed by atoms with van der Waals surface area (Å²) in [6, 6.07) is 16.7. The molecule has 134 valence electrons. The molecule has 0 atom stereocenters. The molecule has 4 nitrogen and oxygen atoms in total. The van der Waals surface area contributed by atoms with Crippen molar-refractivity contribution in [2.75, 3.05) is 26.7 Å². The highest BCUT2D eigenvalue weighted by Crippen LogP contribution is 2.29. The van der Waals surface area contributed by atoms with Gasteiger partial charge in [0.1, 0.15) is 6.10 Å². The Morgan fingerprint density at radius 2 is 1.72 bits per heavy atom. The van der Waals surface area contributed by atoms with Crippen LogP contribution in [0.25, 0.3) is 0 Å². The summed E-state index contributed by atoms with van der Waals surface area (Å²) in [5, 5.41) is 0. The molecule has 1 aliphatic heterocycles. The molecule has 2 N–H and O–H groups in total. The van der Waals surface area contributed by atoms with Gasteiger partial charge in [-0.25, -0.2) is 0 Å². The molecule has 25 heavy (non-hydrogen) atoms. The van der Waals surface area contributed by atoms with Crippen LogP contribution in [0.2, 0.25) is 0 Å². The van der Waals surface area contributed by atoms with Gasteiger partial charge in [0.15, 0.2) is 11.5 Å². The molecular weight excluding hydrogens is 312 g/mol. The predicted octanol–water partition coefficient (Wildman–Crippen LogP) is 3.24. The normalized spacial score (nSPS) is 15.9. The number of hydrogen-bond acceptors (Lipinski definition) is 4. The largest absolute Gasteiger partial charge is 0.493 e. The minimum Gasteiger partial charge on any atom is -0.493 e. The zero-order valence-corrected chi connectivity index (χ0v) is 15.0. The lowest BCUT2D eigenvalue weighted by molar-refractivity contribution is 0.0943. The van der Waals surface area contributed by atoms with Crippen LogP contribution in [0.4, 0.5) is 0 Å². The van der Waals surface area contributed by atoms with Crippen LogP contribution >= 0.6 is 0 Å². The summed E-state index contributed by atoms with van der Waals surface area (Å²) in [5.41, 5.74) is 8.36. The Morgan fingerprint density at radius 3 is 2.44 bits per heavy atom. The molecule has 1 heterocycles. The summed E-state index contributed by atoms with van der Waals surface area (Å²) in [7, 11) is 1.68. The van der Waals surface area contributed by atoms with E-state index in [-0.39, 0.29) is 6.10 Å². The average Bonchev–Trinajstić information content (AvgIpc) is 2.64. The van der Waals surface area contributed by atoms with Gasteiger partial charge in [-0.05, 0) is 49.1 Å². The molecule has 2 aromatic rings. The minimum absolute atomic E-state index is 0.260. The van der Waals surface area contributed by atoms with E-state index in [0.29, 0.717) is 6.54 Å². The molecule has 0 aliphatic carbocycles. The third-order valence-corrected chi connectivity index (χ3v) is 4.73. The molecular formula is C21H28N2O2. The van der Waals surface area contributed by atoms with Gasteiger partial charge in [-0.15, -0.1) is 0 Å². The van der Waals surface area contributed by atoms with Crippen LogP contribution in [-0.4, -0.2) is 37.7 Å². The van der Waals surface area contributed by atoms with Crippen molar-refractivity contribution >= 4 is 0 Å². The lowest BCUT2D eigenvalue weighted by atomic mass is 10.0. The van der Waals surface area contributed by atoms with Gasteiger partial charge < -0.3 is 15.2 Å². The molecule has 0 saturated carbocycles. The molecule has 0 radical (unpaired) electrons. The van der Waals surface area contributed by atoms with Gasteiger partial charge in [0.05, 0.1) is 7.11 Å². The van der Waals surface area contributed by atoms with Crippen LogP contribution in [0.1, 0.15) is 24.0 Å². The van der Waals surface area contributed by atoms with E-state index in [1.807, 2.05) is 24.3 Å². The second-order valence-corrected chi connectivity index (χ2v) is 6.60. The van der Waals surface area contributed by atoms with Crippen molar-refractivity contribution in [1.29, 1.82) is 0 Å². The Morgan fingerprint density at radius 1 is 1.00 bits per heavy atom. The Labute approximate surface area is 150 Å². The fraction of sp³-hybridized carbons (Fsp3) is 0.429. The minimum atomic E-state index is 0.260. The van der Waals surface area contributed by atoms with E-state index in [4.69, 9.17) is 15.2 Å². The van der Waals surface area contributed by atoms with Gasteiger partial charge in [0, 0.05) is 19.6 Å². The number of likely N-dealkylation sites (tertiary alicyclic amines) is 1. The number of para-hydroxylation sites is 2. The van der Waals surface area contributed by atoms with Crippen molar-refractivity contribution in [2.45, 2.75) is 31.9 Å². The molecule has 1 saturated heterocycles. The Kier molecular flexibility index (Phi) is 6.31. The molecule has 4 heteroatoms.